The van der Waals surface area contributed by atoms with Gasteiger partial charge >= 0.3 is 0 Å². The minimum absolute atomic E-state index is 0.159. The molecular weight excluding hydrogens is 240 g/mol. The quantitative estimate of drug-likeness (QED) is 0.874. The first-order chi connectivity index (χ1) is 8.36. The molecule has 18 heavy (non-hydrogen) atoms. The largest absolute Gasteiger partial charge is 0.310 e. The lowest BCUT2D eigenvalue weighted by Gasteiger charge is -2.18. The predicted octanol–water partition coefficient (Wildman–Crippen LogP) is 3.89. The summed E-state index contributed by atoms with van der Waals surface area (Å²) in [6.45, 7) is 12.2. The monoisotopic (exact) mass is 266 g/mol. The van der Waals surface area contributed by atoms with Crippen LogP contribution in [0.5, 0.6) is 0 Å². The lowest BCUT2D eigenvalue weighted by Crippen LogP contribution is -2.23. The molecule has 0 aromatic carbocycles. The van der Waals surface area contributed by atoms with Crippen LogP contribution in [-0.2, 0) is 18.4 Å². The van der Waals surface area contributed by atoms with Crippen molar-refractivity contribution < 1.29 is 0 Å². The number of thiazole rings is 1. The molecule has 102 valence electrons. The normalized spacial score (nSPS) is 16.6. The van der Waals surface area contributed by atoms with E-state index in [1.165, 1.54) is 34.8 Å². The second kappa shape index (κ2) is 5.30. The topological polar surface area (TPSA) is 24.9 Å². The second-order valence-electron chi connectivity index (χ2n) is 6.81. The molecule has 0 spiro atoms. The average Bonchev–Trinajstić information content (AvgIpc) is 2.92. The first-order valence-corrected chi connectivity index (χ1v) is 7.90. The van der Waals surface area contributed by atoms with Gasteiger partial charge in [0.1, 0.15) is 0 Å². The van der Waals surface area contributed by atoms with Crippen molar-refractivity contribution in [1.29, 1.82) is 0 Å². The maximum Gasteiger partial charge on any atom is 0.0934 e. The van der Waals surface area contributed by atoms with Gasteiger partial charge in [-0.2, -0.15) is 0 Å². The van der Waals surface area contributed by atoms with Crippen LogP contribution >= 0.6 is 11.3 Å². The summed E-state index contributed by atoms with van der Waals surface area (Å²) >= 11 is 1.92. The Bertz CT molecular complexity index is 397. The van der Waals surface area contributed by atoms with Gasteiger partial charge in [-0.1, -0.05) is 34.6 Å². The molecule has 0 unspecified atom stereocenters. The van der Waals surface area contributed by atoms with Crippen molar-refractivity contribution >= 4 is 11.3 Å². The van der Waals surface area contributed by atoms with Crippen molar-refractivity contribution in [2.45, 2.75) is 71.9 Å². The molecule has 0 amide bonds. The van der Waals surface area contributed by atoms with Crippen molar-refractivity contribution in [2.75, 3.05) is 0 Å². The SMILES string of the molecule is CC(C)NCc1sc(CC2CC2)nc1C(C)(C)C. The first-order valence-electron chi connectivity index (χ1n) is 7.08. The zero-order valence-corrected chi connectivity index (χ0v) is 13.2. The summed E-state index contributed by atoms with van der Waals surface area (Å²) in [6, 6.07) is 0.534. The van der Waals surface area contributed by atoms with Gasteiger partial charge in [0.05, 0.1) is 10.7 Å². The molecule has 1 fully saturated rings. The molecule has 2 nitrogen and oxygen atoms in total. The Balaban J connectivity index is 2.15. The molecule has 0 atom stereocenters. The molecule has 1 heterocycles. The molecule has 0 saturated heterocycles. The van der Waals surface area contributed by atoms with Crippen LogP contribution in [0.25, 0.3) is 0 Å². The van der Waals surface area contributed by atoms with Crippen LogP contribution in [0.3, 0.4) is 0 Å². The summed E-state index contributed by atoms with van der Waals surface area (Å²) < 4.78 is 0. The molecule has 0 radical (unpaired) electrons. The first kappa shape index (κ1) is 14.0. The van der Waals surface area contributed by atoms with Gasteiger partial charge in [-0.25, -0.2) is 4.98 Å². The summed E-state index contributed by atoms with van der Waals surface area (Å²) in [5.41, 5.74) is 1.46. The zero-order valence-electron chi connectivity index (χ0n) is 12.3. The smallest absolute Gasteiger partial charge is 0.0934 e. The van der Waals surface area contributed by atoms with E-state index in [-0.39, 0.29) is 5.41 Å². The molecule has 1 aliphatic rings. The van der Waals surface area contributed by atoms with E-state index < -0.39 is 0 Å². The van der Waals surface area contributed by atoms with E-state index in [1.807, 2.05) is 11.3 Å². The number of nitrogens with one attached hydrogen (secondary N) is 1. The van der Waals surface area contributed by atoms with Gasteiger partial charge in [0, 0.05) is 29.3 Å². The molecule has 0 aliphatic heterocycles. The third kappa shape index (κ3) is 3.79. The average molecular weight is 266 g/mol. The highest BCUT2D eigenvalue weighted by Crippen LogP contribution is 2.36. The molecule has 1 aliphatic carbocycles. The maximum atomic E-state index is 4.92. The minimum atomic E-state index is 0.159. The summed E-state index contributed by atoms with van der Waals surface area (Å²) in [4.78, 5) is 6.35. The van der Waals surface area contributed by atoms with E-state index in [1.54, 1.807) is 0 Å². The fourth-order valence-corrected chi connectivity index (χ4v) is 3.40. The molecule has 1 aromatic rings. The van der Waals surface area contributed by atoms with E-state index >= 15 is 0 Å². The highest BCUT2D eigenvalue weighted by Gasteiger charge is 2.27. The molecule has 1 aromatic heterocycles. The number of hydrogen-bond acceptors (Lipinski definition) is 3. The Morgan fingerprint density at radius 2 is 2.00 bits per heavy atom. The van der Waals surface area contributed by atoms with Crippen LogP contribution in [0.2, 0.25) is 0 Å². The number of nitrogens with zero attached hydrogens (tertiary/aromatic N) is 1. The van der Waals surface area contributed by atoms with Crippen molar-refractivity contribution in [3.05, 3.63) is 15.6 Å². The molecule has 3 heteroatoms. The Hall–Kier alpha value is -0.410. The van der Waals surface area contributed by atoms with E-state index in [2.05, 4.69) is 39.9 Å². The highest BCUT2D eigenvalue weighted by atomic mass is 32.1. The van der Waals surface area contributed by atoms with Crippen LogP contribution in [0.4, 0.5) is 0 Å². The second-order valence-corrected chi connectivity index (χ2v) is 7.98. The molecule has 1 saturated carbocycles. The van der Waals surface area contributed by atoms with E-state index in [9.17, 15) is 0 Å². The lowest BCUT2D eigenvalue weighted by atomic mass is 9.91. The summed E-state index contributed by atoms with van der Waals surface area (Å²) in [5, 5.41) is 4.88. The zero-order chi connectivity index (χ0) is 13.3. The molecule has 0 bridgehead atoms. The molecule has 1 N–H and O–H groups in total. The van der Waals surface area contributed by atoms with Crippen molar-refractivity contribution in [1.82, 2.24) is 10.3 Å². The van der Waals surface area contributed by atoms with Crippen molar-refractivity contribution in [3.63, 3.8) is 0 Å². The Labute approximate surface area is 115 Å². The van der Waals surface area contributed by atoms with Crippen molar-refractivity contribution in [2.24, 2.45) is 5.92 Å². The Morgan fingerprint density at radius 3 is 2.50 bits per heavy atom. The van der Waals surface area contributed by atoms with Crippen LogP contribution in [0.1, 0.15) is 63.0 Å². The van der Waals surface area contributed by atoms with Gasteiger partial charge in [-0.15, -0.1) is 11.3 Å². The van der Waals surface area contributed by atoms with Gasteiger partial charge in [0.25, 0.3) is 0 Å². The maximum absolute atomic E-state index is 4.92. The van der Waals surface area contributed by atoms with Gasteiger partial charge in [0.2, 0.25) is 0 Å². The van der Waals surface area contributed by atoms with Crippen LogP contribution in [0, 0.1) is 5.92 Å². The van der Waals surface area contributed by atoms with Crippen LogP contribution in [-0.4, -0.2) is 11.0 Å². The van der Waals surface area contributed by atoms with Gasteiger partial charge in [-0.05, 0) is 18.8 Å². The summed E-state index contributed by atoms with van der Waals surface area (Å²) in [6.07, 6.45) is 4.02. The Morgan fingerprint density at radius 1 is 1.33 bits per heavy atom. The van der Waals surface area contributed by atoms with E-state index in [0.717, 1.165) is 12.5 Å². The number of rotatable bonds is 5. The minimum Gasteiger partial charge on any atom is -0.310 e. The molecule has 2 rings (SSSR count). The van der Waals surface area contributed by atoms with Gasteiger partial charge in [-0.3, -0.25) is 0 Å². The standard InChI is InChI=1S/C15H26N2S/c1-10(2)16-9-12-14(15(3,4)5)17-13(18-12)8-11-6-7-11/h10-11,16H,6-9H2,1-5H3. The lowest BCUT2D eigenvalue weighted by molar-refractivity contribution is 0.544. The van der Waals surface area contributed by atoms with Crippen LogP contribution in [0.15, 0.2) is 0 Å². The van der Waals surface area contributed by atoms with Crippen LogP contribution < -0.4 is 5.32 Å². The third-order valence-electron chi connectivity index (χ3n) is 3.28. The predicted molar refractivity (Wildman–Crippen MR) is 79.2 cm³/mol. The van der Waals surface area contributed by atoms with Gasteiger partial charge < -0.3 is 5.32 Å². The highest BCUT2D eigenvalue weighted by molar-refractivity contribution is 7.11. The summed E-state index contributed by atoms with van der Waals surface area (Å²) in [5.74, 6) is 0.926. The fourth-order valence-electron chi connectivity index (χ4n) is 2.06. The van der Waals surface area contributed by atoms with Crippen molar-refractivity contribution in [3.8, 4) is 0 Å². The Kier molecular flexibility index (Phi) is 4.12. The molecular formula is C15H26N2S. The third-order valence-corrected chi connectivity index (χ3v) is 4.36. The van der Waals surface area contributed by atoms with Gasteiger partial charge in [0.15, 0.2) is 0 Å². The van der Waals surface area contributed by atoms with E-state index in [0.29, 0.717) is 6.04 Å². The number of aromatic nitrogens is 1. The fraction of sp³-hybridized carbons (Fsp3) is 0.800. The number of hydrogen-bond donors (Lipinski definition) is 1. The summed E-state index contributed by atoms with van der Waals surface area (Å²) in [7, 11) is 0. The van der Waals surface area contributed by atoms with E-state index in [4.69, 9.17) is 4.98 Å².